The molecule has 0 saturated carbocycles. The van der Waals surface area contributed by atoms with Gasteiger partial charge in [-0.3, -0.25) is 0 Å². The minimum Gasteiger partial charge on any atom is -0.385 e. The lowest BCUT2D eigenvalue weighted by Gasteiger charge is -2.35. The average molecular weight is 247 g/mol. The Hall–Kier alpha value is -1.50. The molecule has 2 heterocycles. The third-order valence-electron chi connectivity index (χ3n) is 2.91. The number of halogens is 1. The number of hydrogen-bond donors (Lipinski definition) is 1. The van der Waals surface area contributed by atoms with Gasteiger partial charge in [0.2, 0.25) is 0 Å². The number of oxime groups is 1. The van der Waals surface area contributed by atoms with E-state index >= 15 is 0 Å². The first-order valence-electron chi connectivity index (χ1n) is 5.49. The van der Waals surface area contributed by atoms with E-state index in [1.54, 1.807) is 0 Å². The smallest absolute Gasteiger partial charge is 0.168 e. The van der Waals surface area contributed by atoms with Gasteiger partial charge in [-0.15, -0.1) is 0 Å². The van der Waals surface area contributed by atoms with Gasteiger partial charge in [0.1, 0.15) is 5.71 Å². The highest BCUT2D eigenvalue weighted by Gasteiger charge is 2.44. The van der Waals surface area contributed by atoms with Gasteiger partial charge in [0.05, 0.1) is 0 Å². The molecule has 86 valence electrons. The number of benzene rings is 1. The standard InChI is InChI=1S/C13H11ClN2O/c14-11-3-1-2-10(6-11)4-5-12-7-13(17-16-12)8-15-9-13/h1-3,6,15H,7-9H2. The normalized spacial score (nSPS) is 19.9. The van der Waals surface area contributed by atoms with Crippen molar-refractivity contribution in [1.82, 2.24) is 5.32 Å². The van der Waals surface area contributed by atoms with Crippen LogP contribution < -0.4 is 5.32 Å². The van der Waals surface area contributed by atoms with E-state index in [0.717, 1.165) is 30.8 Å². The molecule has 0 bridgehead atoms. The Bertz CT molecular complexity index is 538. The zero-order chi connectivity index (χ0) is 11.7. The minimum atomic E-state index is -0.113. The summed E-state index contributed by atoms with van der Waals surface area (Å²) in [6, 6.07) is 7.48. The molecule has 0 amide bonds. The first-order chi connectivity index (χ1) is 8.26. The van der Waals surface area contributed by atoms with Crippen LogP contribution in [0.5, 0.6) is 0 Å². The molecule has 0 unspecified atom stereocenters. The summed E-state index contributed by atoms with van der Waals surface area (Å²) in [5.74, 6) is 6.08. The highest BCUT2D eigenvalue weighted by atomic mass is 35.5. The highest BCUT2D eigenvalue weighted by Crippen LogP contribution is 2.27. The molecule has 2 aliphatic rings. The molecule has 3 rings (SSSR count). The van der Waals surface area contributed by atoms with Gasteiger partial charge in [0.15, 0.2) is 5.60 Å². The van der Waals surface area contributed by atoms with E-state index in [0.29, 0.717) is 5.02 Å². The molecule has 2 aliphatic heterocycles. The van der Waals surface area contributed by atoms with Crippen LogP contribution >= 0.6 is 11.6 Å². The van der Waals surface area contributed by atoms with Crippen LogP contribution in [-0.4, -0.2) is 24.4 Å². The molecule has 0 aliphatic carbocycles. The number of hydrogen-bond acceptors (Lipinski definition) is 3. The van der Waals surface area contributed by atoms with Crippen molar-refractivity contribution in [3.05, 3.63) is 34.9 Å². The van der Waals surface area contributed by atoms with Gasteiger partial charge in [-0.25, -0.2) is 0 Å². The summed E-state index contributed by atoms with van der Waals surface area (Å²) in [6.07, 6.45) is 0.799. The van der Waals surface area contributed by atoms with Crippen molar-refractivity contribution in [2.75, 3.05) is 13.1 Å². The van der Waals surface area contributed by atoms with Crippen LogP contribution in [0.3, 0.4) is 0 Å². The maximum absolute atomic E-state index is 5.89. The Morgan fingerprint density at radius 3 is 2.88 bits per heavy atom. The minimum absolute atomic E-state index is 0.113. The summed E-state index contributed by atoms with van der Waals surface area (Å²) in [5.41, 5.74) is 1.59. The molecule has 1 spiro atoms. The van der Waals surface area contributed by atoms with Crippen LogP contribution in [0.2, 0.25) is 5.02 Å². The van der Waals surface area contributed by atoms with Crippen LogP contribution in [0.1, 0.15) is 12.0 Å². The molecule has 4 heteroatoms. The summed E-state index contributed by atoms with van der Waals surface area (Å²) in [7, 11) is 0. The van der Waals surface area contributed by atoms with E-state index < -0.39 is 0 Å². The largest absolute Gasteiger partial charge is 0.385 e. The Morgan fingerprint density at radius 2 is 2.24 bits per heavy atom. The van der Waals surface area contributed by atoms with Gasteiger partial charge in [0.25, 0.3) is 0 Å². The van der Waals surface area contributed by atoms with Crippen LogP contribution in [0, 0.1) is 11.8 Å². The van der Waals surface area contributed by atoms with Crippen LogP contribution in [0.4, 0.5) is 0 Å². The van der Waals surface area contributed by atoms with E-state index in [2.05, 4.69) is 22.3 Å². The van der Waals surface area contributed by atoms with Gasteiger partial charge in [-0.2, -0.15) is 0 Å². The van der Waals surface area contributed by atoms with E-state index in [4.69, 9.17) is 16.4 Å². The van der Waals surface area contributed by atoms with Crippen molar-refractivity contribution in [2.24, 2.45) is 5.16 Å². The van der Waals surface area contributed by atoms with Crippen molar-refractivity contribution >= 4 is 17.3 Å². The zero-order valence-electron chi connectivity index (χ0n) is 9.16. The molecule has 1 fully saturated rings. The lowest BCUT2D eigenvalue weighted by atomic mass is 9.91. The molecule has 1 aromatic carbocycles. The van der Waals surface area contributed by atoms with Crippen molar-refractivity contribution in [2.45, 2.75) is 12.0 Å². The molecule has 3 nitrogen and oxygen atoms in total. The second-order valence-corrected chi connectivity index (χ2v) is 4.79. The second kappa shape index (κ2) is 4.06. The van der Waals surface area contributed by atoms with Gasteiger partial charge >= 0.3 is 0 Å². The average Bonchev–Trinajstić information content (AvgIpc) is 2.71. The highest BCUT2D eigenvalue weighted by molar-refractivity contribution is 6.30. The third-order valence-corrected chi connectivity index (χ3v) is 3.14. The van der Waals surface area contributed by atoms with Crippen LogP contribution in [0.15, 0.2) is 29.4 Å². The maximum Gasteiger partial charge on any atom is 0.168 e. The first-order valence-corrected chi connectivity index (χ1v) is 5.87. The molecule has 17 heavy (non-hydrogen) atoms. The number of nitrogens with zero attached hydrogens (tertiary/aromatic N) is 1. The fraction of sp³-hybridized carbons (Fsp3) is 0.308. The van der Waals surface area contributed by atoms with Gasteiger partial charge in [0, 0.05) is 30.1 Å². The topological polar surface area (TPSA) is 33.6 Å². The van der Waals surface area contributed by atoms with E-state index in [-0.39, 0.29) is 5.60 Å². The van der Waals surface area contributed by atoms with Gasteiger partial charge in [-0.1, -0.05) is 28.7 Å². The van der Waals surface area contributed by atoms with E-state index in [1.807, 2.05) is 24.3 Å². The van der Waals surface area contributed by atoms with Crippen LogP contribution in [-0.2, 0) is 4.84 Å². The predicted octanol–water partition coefficient (Wildman–Crippen LogP) is 1.81. The fourth-order valence-corrected chi connectivity index (χ4v) is 2.08. The summed E-state index contributed by atoms with van der Waals surface area (Å²) in [6.45, 7) is 1.72. The summed E-state index contributed by atoms with van der Waals surface area (Å²) >= 11 is 5.89. The van der Waals surface area contributed by atoms with Crippen molar-refractivity contribution in [3.8, 4) is 11.8 Å². The predicted molar refractivity (Wildman–Crippen MR) is 67.1 cm³/mol. The quantitative estimate of drug-likeness (QED) is 0.709. The zero-order valence-corrected chi connectivity index (χ0v) is 9.92. The molecule has 0 radical (unpaired) electrons. The third kappa shape index (κ3) is 2.14. The summed E-state index contributed by atoms with van der Waals surface area (Å²) in [4.78, 5) is 5.40. The van der Waals surface area contributed by atoms with Crippen LogP contribution in [0.25, 0.3) is 0 Å². The number of nitrogens with one attached hydrogen (secondary N) is 1. The molecule has 1 saturated heterocycles. The van der Waals surface area contributed by atoms with E-state index in [9.17, 15) is 0 Å². The summed E-state index contributed by atoms with van der Waals surface area (Å²) < 4.78 is 0. The van der Waals surface area contributed by atoms with Crippen molar-refractivity contribution < 1.29 is 4.84 Å². The van der Waals surface area contributed by atoms with Gasteiger partial charge in [-0.05, 0) is 24.1 Å². The Balaban J connectivity index is 1.72. The first kappa shape index (κ1) is 10.6. The Kier molecular flexibility index (Phi) is 2.54. The van der Waals surface area contributed by atoms with E-state index in [1.165, 1.54) is 0 Å². The fourth-order valence-electron chi connectivity index (χ4n) is 1.89. The SMILES string of the molecule is Clc1cccc(C#CC2=NOC3(CNC3)C2)c1. The van der Waals surface area contributed by atoms with Gasteiger partial charge < -0.3 is 10.2 Å². The molecule has 0 atom stereocenters. The lowest BCUT2D eigenvalue weighted by molar-refractivity contribution is -0.0559. The van der Waals surface area contributed by atoms with Crippen molar-refractivity contribution in [3.63, 3.8) is 0 Å². The second-order valence-electron chi connectivity index (χ2n) is 4.35. The van der Waals surface area contributed by atoms with Crippen molar-refractivity contribution in [1.29, 1.82) is 0 Å². The Morgan fingerprint density at radius 1 is 1.35 bits per heavy atom. The molecular weight excluding hydrogens is 236 g/mol. The monoisotopic (exact) mass is 246 g/mol. The Labute approximate surface area is 105 Å². The molecular formula is C13H11ClN2O. The maximum atomic E-state index is 5.89. The molecule has 1 N–H and O–H groups in total. The summed E-state index contributed by atoms with van der Waals surface area (Å²) in [5, 5.41) is 7.90. The molecule has 0 aromatic heterocycles. The number of rotatable bonds is 0. The molecule has 1 aromatic rings. The lowest BCUT2D eigenvalue weighted by Crippen LogP contribution is -2.59.